The van der Waals surface area contributed by atoms with E-state index in [0.717, 1.165) is 5.56 Å². The van der Waals surface area contributed by atoms with Crippen molar-refractivity contribution >= 4 is 17.4 Å². The van der Waals surface area contributed by atoms with E-state index in [0.29, 0.717) is 35.7 Å². The van der Waals surface area contributed by atoms with Crippen molar-refractivity contribution in [3.8, 4) is 5.75 Å². The van der Waals surface area contributed by atoms with Gasteiger partial charge in [0.15, 0.2) is 5.78 Å². The number of carboxylic acids is 1. The lowest BCUT2D eigenvalue weighted by Crippen LogP contribution is -2.29. The van der Waals surface area contributed by atoms with Gasteiger partial charge >= 0.3 is 5.97 Å². The van der Waals surface area contributed by atoms with Crippen molar-refractivity contribution < 1.29 is 19.4 Å². The molecule has 6 heteroatoms. The molecule has 0 aliphatic carbocycles. The molecule has 2 rings (SSSR count). The van der Waals surface area contributed by atoms with Gasteiger partial charge in [-0.25, -0.2) is 0 Å². The van der Waals surface area contributed by atoms with E-state index >= 15 is 0 Å². The Morgan fingerprint density at radius 2 is 1.88 bits per heavy atom. The lowest BCUT2D eigenvalue weighted by atomic mass is 10.00. The van der Waals surface area contributed by atoms with Gasteiger partial charge in [-0.05, 0) is 42.4 Å². The summed E-state index contributed by atoms with van der Waals surface area (Å²) in [4.78, 5) is 25.4. The Morgan fingerprint density at radius 3 is 2.52 bits per heavy atom. The van der Waals surface area contributed by atoms with E-state index in [1.54, 1.807) is 54.5 Å². The molecule has 0 spiro atoms. The van der Waals surface area contributed by atoms with Crippen molar-refractivity contribution in [1.82, 2.24) is 4.90 Å². The second kappa shape index (κ2) is 8.30. The number of methoxy groups -OCH3 is 1. The van der Waals surface area contributed by atoms with Gasteiger partial charge in [0.25, 0.3) is 0 Å². The predicted molar refractivity (Wildman–Crippen MR) is 95.9 cm³/mol. The first-order chi connectivity index (χ1) is 11.9. The van der Waals surface area contributed by atoms with E-state index in [4.69, 9.17) is 15.6 Å². The van der Waals surface area contributed by atoms with Gasteiger partial charge in [0.05, 0.1) is 13.7 Å². The number of aliphatic carboxylic acids is 1. The Balaban J connectivity index is 2.27. The van der Waals surface area contributed by atoms with Gasteiger partial charge in [0.2, 0.25) is 0 Å². The summed E-state index contributed by atoms with van der Waals surface area (Å²) in [7, 11) is 1.55. The number of ketones is 1. The van der Waals surface area contributed by atoms with Crippen molar-refractivity contribution in [2.45, 2.75) is 13.5 Å². The van der Waals surface area contributed by atoms with E-state index in [1.807, 2.05) is 6.92 Å². The molecule has 0 aliphatic rings. The number of likely N-dealkylation sites (N-methyl/N-ethyl adjacent to an activating group) is 1. The van der Waals surface area contributed by atoms with Gasteiger partial charge in [0.1, 0.15) is 5.75 Å². The van der Waals surface area contributed by atoms with E-state index in [-0.39, 0.29) is 12.3 Å². The fourth-order valence-electron chi connectivity index (χ4n) is 2.53. The maximum Gasteiger partial charge on any atom is 0.317 e. The number of nitrogen functional groups attached to an aromatic ring is 1. The van der Waals surface area contributed by atoms with Crippen LogP contribution in [-0.4, -0.2) is 42.0 Å². The molecule has 0 amide bonds. The van der Waals surface area contributed by atoms with Crippen LogP contribution >= 0.6 is 0 Å². The molecule has 6 nitrogen and oxygen atoms in total. The van der Waals surface area contributed by atoms with Gasteiger partial charge < -0.3 is 15.6 Å². The number of nitrogens with zero attached hydrogens (tertiary/aromatic N) is 1. The monoisotopic (exact) mass is 342 g/mol. The molecule has 0 saturated carbocycles. The normalized spacial score (nSPS) is 10.7. The van der Waals surface area contributed by atoms with Crippen molar-refractivity contribution in [3.05, 3.63) is 59.2 Å². The Kier molecular flexibility index (Phi) is 6.14. The molecule has 0 atom stereocenters. The molecule has 0 unspecified atom stereocenters. The third-order valence-electron chi connectivity index (χ3n) is 3.94. The Bertz CT molecular complexity index is 774. The Morgan fingerprint density at radius 1 is 1.16 bits per heavy atom. The molecular formula is C19H22N2O4. The molecule has 132 valence electrons. The molecule has 0 fully saturated rings. The average Bonchev–Trinajstić information content (AvgIpc) is 2.61. The summed E-state index contributed by atoms with van der Waals surface area (Å²) in [5.41, 5.74) is 8.29. The second-order valence-corrected chi connectivity index (χ2v) is 5.67. The summed E-state index contributed by atoms with van der Waals surface area (Å²) in [5.74, 6) is -0.425. The number of hydrogen-bond donors (Lipinski definition) is 2. The van der Waals surface area contributed by atoms with E-state index in [2.05, 4.69) is 0 Å². The molecular weight excluding hydrogens is 320 g/mol. The van der Waals surface area contributed by atoms with Crippen LogP contribution in [0.2, 0.25) is 0 Å². The highest BCUT2D eigenvalue weighted by molar-refractivity contribution is 6.09. The lowest BCUT2D eigenvalue weighted by Gasteiger charge is -2.19. The van der Waals surface area contributed by atoms with Crippen LogP contribution in [0.4, 0.5) is 5.69 Å². The third kappa shape index (κ3) is 4.81. The van der Waals surface area contributed by atoms with E-state index < -0.39 is 5.97 Å². The number of benzene rings is 2. The van der Waals surface area contributed by atoms with Gasteiger partial charge in [-0.2, -0.15) is 0 Å². The average molecular weight is 342 g/mol. The lowest BCUT2D eigenvalue weighted by molar-refractivity contribution is -0.138. The molecule has 2 aromatic rings. The van der Waals surface area contributed by atoms with Gasteiger partial charge in [-0.3, -0.25) is 14.5 Å². The fraction of sp³-hybridized carbons (Fsp3) is 0.263. The molecule has 0 heterocycles. The predicted octanol–water partition coefficient (Wildman–Crippen LogP) is 2.41. The molecule has 3 N–H and O–H groups in total. The molecule has 0 bridgehead atoms. The van der Waals surface area contributed by atoms with Crippen molar-refractivity contribution in [1.29, 1.82) is 0 Å². The summed E-state index contributed by atoms with van der Waals surface area (Å²) in [6, 6.07) is 12.0. The zero-order valence-electron chi connectivity index (χ0n) is 14.4. The molecule has 25 heavy (non-hydrogen) atoms. The van der Waals surface area contributed by atoms with Crippen LogP contribution in [0.5, 0.6) is 5.75 Å². The largest absolute Gasteiger partial charge is 0.497 e. The summed E-state index contributed by atoms with van der Waals surface area (Å²) in [5, 5.41) is 8.96. The SMILES string of the molecule is CCN(CC(=O)O)Cc1cc(C(=O)c2cccc(OC)c2)ccc1N. The molecule has 0 aliphatic heterocycles. The Labute approximate surface area is 146 Å². The highest BCUT2D eigenvalue weighted by Crippen LogP contribution is 2.21. The van der Waals surface area contributed by atoms with Gasteiger partial charge in [0, 0.05) is 23.4 Å². The number of carbonyl (C=O) groups excluding carboxylic acids is 1. The van der Waals surface area contributed by atoms with Crippen molar-refractivity contribution in [2.75, 3.05) is 25.9 Å². The number of anilines is 1. The molecule has 2 aromatic carbocycles. The number of carboxylic acid groups (broad SMARTS) is 1. The minimum absolute atomic E-state index is 0.0794. The van der Waals surface area contributed by atoms with Gasteiger partial charge in [-0.15, -0.1) is 0 Å². The number of rotatable bonds is 8. The summed E-state index contributed by atoms with van der Waals surface area (Å²) >= 11 is 0. The second-order valence-electron chi connectivity index (χ2n) is 5.67. The fourth-order valence-corrected chi connectivity index (χ4v) is 2.53. The van der Waals surface area contributed by atoms with Crippen LogP contribution in [0.25, 0.3) is 0 Å². The number of ether oxygens (including phenoxy) is 1. The van der Waals surface area contributed by atoms with Crippen molar-refractivity contribution in [3.63, 3.8) is 0 Å². The maximum absolute atomic E-state index is 12.7. The van der Waals surface area contributed by atoms with Crippen LogP contribution < -0.4 is 10.5 Å². The number of nitrogens with two attached hydrogens (primary N) is 1. The first kappa shape index (κ1) is 18.5. The topological polar surface area (TPSA) is 92.9 Å². The minimum Gasteiger partial charge on any atom is -0.497 e. The summed E-state index contributed by atoms with van der Waals surface area (Å²) in [6.07, 6.45) is 0. The van der Waals surface area contributed by atoms with Gasteiger partial charge in [-0.1, -0.05) is 19.1 Å². The molecule has 0 aromatic heterocycles. The highest BCUT2D eigenvalue weighted by atomic mass is 16.5. The van der Waals surface area contributed by atoms with Crippen molar-refractivity contribution in [2.24, 2.45) is 0 Å². The number of hydrogen-bond acceptors (Lipinski definition) is 5. The van der Waals surface area contributed by atoms with Crippen LogP contribution in [0.15, 0.2) is 42.5 Å². The van der Waals surface area contributed by atoms with E-state index in [1.165, 1.54) is 0 Å². The standard InChI is InChI=1S/C19H22N2O4/c1-3-21(12-18(22)23)11-15-9-14(7-8-17(15)20)19(24)13-5-4-6-16(10-13)25-2/h4-10H,3,11-12,20H2,1-2H3,(H,22,23). The minimum atomic E-state index is -0.899. The summed E-state index contributed by atoms with van der Waals surface area (Å²) < 4.78 is 5.15. The zero-order valence-corrected chi connectivity index (χ0v) is 14.4. The Hall–Kier alpha value is -2.86. The highest BCUT2D eigenvalue weighted by Gasteiger charge is 2.14. The van der Waals surface area contributed by atoms with Crippen LogP contribution in [0, 0.1) is 0 Å². The summed E-state index contributed by atoms with van der Waals surface area (Å²) in [6.45, 7) is 2.74. The van der Waals surface area contributed by atoms with E-state index in [9.17, 15) is 9.59 Å². The van der Waals surface area contributed by atoms with Crippen LogP contribution in [-0.2, 0) is 11.3 Å². The maximum atomic E-state index is 12.7. The quantitative estimate of drug-likeness (QED) is 0.565. The first-order valence-corrected chi connectivity index (χ1v) is 7.96. The first-order valence-electron chi connectivity index (χ1n) is 7.96. The van der Waals surface area contributed by atoms with Crippen LogP contribution in [0.1, 0.15) is 28.4 Å². The number of carbonyl (C=O) groups is 2. The smallest absolute Gasteiger partial charge is 0.317 e. The van der Waals surface area contributed by atoms with Crippen LogP contribution in [0.3, 0.4) is 0 Å². The molecule has 0 radical (unpaired) electrons. The zero-order chi connectivity index (χ0) is 18.4. The molecule has 0 saturated heterocycles. The third-order valence-corrected chi connectivity index (χ3v) is 3.94.